The zero-order valence-corrected chi connectivity index (χ0v) is 20.4. The van der Waals surface area contributed by atoms with E-state index in [1.54, 1.807) is 19.1 Å². The van der Waals surface area contributed by atoms with Crippen molar-refractivity contribution in [1.82, 2.24) is 25.3 Å². The quantitative estimate of drug-likeness (QED) is 0.558. The number of hydrogen-bond acceptors (Lipinski definition) is 6. The van der Waals surface area contributed by atoms with Crippen LogP contribution in [-0.2, 0) is 0 Å². The van der Waals surface area contributed by atoms with Gasteiger partial charge in [-0.3, -0.25) is 14.6 Å². The molecule has 0 unspecified atom stereocenters. The fourth-order valence-corrected chi connectivity index (χ4v) is 3.81. The van der Waals surface area contributed by atoms with Crippen LogP contribution in [0.5, 0.6) is 0 Å². The number of pyridine rings is 1. The zero-order chi connectivity index (χ0) is 25.2. The molecule has 1 aliphatic rings. The molecule has 0 aliphatic carbocycles. The van der Waals surface area contributed by atoms with Crippen molar-refractivity contribution in [3.05, 3.63) is 59.4 Å². The van der Waals surface area contributed by atoms with Crippen LogP contribution in [0.25, 0.3) is 5.69 Å². The van der Waals surface area contributed by atoms with Gasteiger partial charge in [0.05, 0.1) is 29.5 Å². The number of nitrogens with one attached hydrogen (secondary N) is 2. The van der Waals surface area contributed by atoms with Crippen molar-refractivity contribution >= 4 is 23.2 Å². The summed E-state index contributed by atoms with van der Waals surface area (Å²) in [5.74, 6) is -1.22. The van der Waals surface area contributed by atoms with E-state index < -0.39 is 11.7 Å². The van der Waals surface area contributed by atoms with Gasteiger partial charge >= 0.3 is 0 Å². The number of halogens is 1. The molecule has 1 saturated heterocycles. The molecule has 184 valence electrons. The van der Waals surface area contributed by atoms with Crippen LogP contribution in [0, 0.1) is 18.2 Å². The third kappa shape index (κ3) is 6.00. The molecule has 1 fully saturated rings. The summed E-state index contributed by atoms with van der Waals surface area (Å²) in [6.45, 7) is 10.1. The number of carbonyl (C=O) groups is 2. The summed E-state index contributed by atoms with van der Waals surface area (Å²) in [6.07, 6.45) is 5.14. The van der Waals surface area contributed by atoms with E-state index in [1.807, 2.05) is 20.8 Å². The van der Waals surface area contributed by atoms with Crippen LogP contribution in [0.2, 0.25) is 0 Å². The molecule has 3 heterocycles. The smallest absolute Gasteiger partial charge is 0.273 e. The third-order valence-electron chi connectivity index (χ3n) is 5.69. The highest BCUT2D eigenvalue weighted by molar-refractivity contribution is 6.05. The molecule has 1 aromatic carbocycles. The van der Waals surface area contributed by atoms with Crippen LogP contribution < -0.4 is 15.5 Å². The summed E-state index contributed by atoms with van der Waals surface area (Å²) >= 11 is 0. The van der Waals surface area contributed by atoms with Gasteiger partial charge in [-0.05, 0) is 49.4 Å². The minimum absolute atomic E-state index is 0.0599. The van der Waals surface area contributed by atoms with Crippen LogP contribution in [0.15, 0.2) is 36.7 Å². The Kier molecular flexibility index (Phi) is 6.81. The second-order valence-corrected chi connectivity index (χ2v) is 9.97. The largest absolute Gasteiger partial charge is 0.371 e. The molecule has 0 bridgehead atoms. The summed E-state index contributed by atoms with van der Waals surface area (Å²) < 4.78 is 15.7. The van der Waals surface area contributed by atoms with Gasteiger partial charge in [-0.25, -0.2) is 9.07 Å². The Bertz CT molecular complexity index is 1240. The average Bonchev–Trinajstić information content (AvgIpc) is 3.50. The lowest BCUT2D eigenvalue weighted by Crippen LogP contribution is -2.32. The number of rotatable bonds is 6. The highest BCUT2D eigenvalue weighted by Gasteiger charge is 2.19. The number of hydrogen-bond donors (Lipinski definition) is 2. The van der Waals surface area contributed by atoms with Crippen LogP contribution >= 0.6 is 0 Å². The Morgan fingerprint density at radius 3 is 2.54 bits per heavy atom. The molecule has 3 aromatic rings. The molecule has 10 heteroatoms. The third-order valence-corrected chi connectivity index (χ3v) is 5.69. The Balaban J connectivity index is 1.51. The van der Waals surface area contributed by atoms with Gasteiger partial charge in [0, 0.05) is 30.9 Å². The van der Waals surface area contributed by atoms with Gasteiger partial charge in [0.2, 0.25) is 0 Å². The Morgan fingerprint density at radius 1 is 1.09 bits per heavy atom. The maximum atomic E-state index is 14.2. The number of nitrogens with zero attached hydrogens (tertiary/aromatic N) is 5. The molecule has 0 spiro atoms. The van der Waals surface area contributed by atoms with Crippen LogP contribution in [0.4, 0.5) is 15.8 Å². The lowest BCUT2D eigenvalue weighted by Gasteiger charge is -2.18. The molecular weight excluding hydrogens is 449 g/mol. The number of anilines is 2. The first-order valence-electron chi connectivity index (χ1n) is 11.6. The van der Waals surface area contributed by atoms with Crippen molar-refractivity contribution in [1.29, 1.82) is 0 Å². The maximum absolute atomic E-state index is 14.2. The van der Waals surface area contributed by atoms with Gasteiger partial charge in [-0.15, -0.1) is 5.10 Å². The zero-order valence-electron chi connectivity index (χ0n) is 20.4. The number of benzene rings is 1. The summed E-state index contributed by atoms with van der Waals surface area (Å²) in [5.41, 5.74) is 2.66. The first-order valence-corrected chi connectivity index (χ1v) is 11.6. The maximum Gasteiger partial charge on any atom is 0.273 e. The number of aromatic nitrogens is 4. The summed E-state index contributed by atoms with van der Waals surface area (Å²) in [6, 6.07) is 6.06. The average molecular weight is 480 g/mol. The molecule has 2 aromatic heterocycles. The monoisotopic (exact) mass is 479 g/mol. The molecule has 0 radical (unpaired) electrons. The van der Waals surface area contributed by atoms with Crippen molar-refractivity contribution in [2.45, 2.75) is 40.5 Å². The molecule has 0 saturated carbocycles. The van der Waals surface area contributed by atoms with Gasteiger partial charge < -0.3 is 15.5 Å². The van der Waals surface area contributed by atoms with Gasteiger partial charge in [-0.1, -0.05) is 26.0 Å². The molecule has 2 amide bonds. The fourth-order valence-electron chi connectivity index (χ4n) is 3.81. The van der Waals surface area contributed by atoms with E-state index in [9.17, 15) is 14.0 Å². The van der Waals surface area contributed by atoms with Crippen molar-refractivity contribution in [2.24, 2.45) is 5.41 Å². The second kappa shape index (κ2) is 9.81. The van der Waals surface area contributed by atoms with Crippen molar-refractivity contribution in [3.8, 4) is 5.69 Å². The van der Waals surface area contributed by atoms with Gasteiger partial charge in [0.15, 0.2) is 5.69 Å². The first-order chi connectivity index (χ1) is 16.6. The van der Waals surface area contributed by atoms with E-state index in [0.29, 0.717) is 29.3 Å². The molecule has 2 N–H and O–H groups in total. The molecule has 9 nitrogen and oxygen atoms in total. The lowest BCUT2D eigenvalue weighted by molar-refractivity contribution is 0.0933. The first kappa shape index (κ1) is 24.3. The highest BCUT2D eigenvalue weighted by Crippen LogP contribution is 2.24. The summed E-state index contributed by atoms with van der Waals surface area (Å²) in [4.78, 5) is 31.7. The molecule has 0 atom stereocenters. The topological polar surface area (TPSA) is 105 Å². The predicted molar refractivity (Wildman–Crippen MR) is 131 cm³/mol. The van der Waals surface area contributed by atoms with Crippen molar-refractivity contribution in [2.75, 3.05) is 29.9 Å². The summed E-state index contributed by atoms with van der Waals surface area (Å²) in [5, 5.41) is 13.6. The molecule has 4 rings (SSSR count). The highest BCUT2D eigenvalue weighted by atomic mass is 19.1. The lowest BCUT2D eigenvalue weighted by atomic mass is 9.97. The Hall–Kier alpha value is -3.82. The molecule has 35 heavy (non-hydrogen) atoms. The number of aryl methyl sites for hydroxylation is 1. The van der Waals surface area contributed by atoms with Gasteiger partial charge in [0.1, 0.15) is 5.82 Å². The van der Waals surface area contributed by atoms with Crippen LogP contribution in [0.1, 0.15) is 60.2 Å². The number of amides is 2. The standard InChI is InChI=1S/C25H30FN7O2/c1-16-22(33-14-21(30-31-33)24(35)28-15-25(2,3)4)12-19(13-27-16)29-23(34)17-9-18(26)11-20(10-17)32-7-5-6-8-32/h9-14H,5-8,15H2,1-4H3,(H,28,35)(H,29,34). The van der Waals surface area contributed by atoms with Crippen molar-refractivity contribution in [3.63, 3.8) is 0 Å². The summed E-state index contributed by atoms with van der Waals surface area (Å²) in [7, 11) is 0. The normalized spacial score (nSPS) is 13.7. The van der Waals surface area contributed by atoms with E-state index in [-0.39, 0.29) is 22.6 Å². The van der Waals surface area contributed by atoms with E-state index in [0.717, 1.165) is 25.9 Å². The minimum Gasteiger partial charge on any atom is -0.371 e. The van der Waals surface area contributed by atoms with E-state index in [4.69, 9.17) is 0 Å². The van der Waals surface area contributed by atoms with E-state index in [2.05, 4.69) is 30.8 Å². The van der Waals surface area contributed by atoms with Gasteiger partial charge in [-0.2, -0.15) is 0 Å². The SMILES string of the molecule is Cc1ncc(NC(=O)c2cc(F)cc(N3CCCC3)c2)cc1-n1cc(C(=O)NCC(C)(C)C)nn1. The molecule has 1 aliphatic heterocycles. The Morgan fingerprint density at radius 2 is 1.83 bits per heavy atom. The Labute approximate surface area is 203 Å². The number of carbonyl (C=O) groups excluding carboxylic acids is 2. The molecular formula is C25H30FN7O2. The van der Waals surface area contributed by atoms with Crippen LogP contribution in [0.3, 0.4) is 0 Å². The predicted octanol–water partition coefficient (Wildman–Crippen LogP) is 3.74. The van der Waals surface area contributed by atoms with Gasteiger partial charge in [0.25, 0.3) is 11.8 Å². The van der Waals surface area contributed by atoms with Crippen molar-refractivity contribution < 1.29 is 14.0 Å². The minimum atomic E-state index is -0.456. The van der Waals surface area contributed by atoms with E-state index in [1.165, 1.54) is 29.2 Å². The van der Waals surface area contributed by atoms with Crippen LogP contribution in [-0.4, -0.2) is 51.4 Å². The fraction of sp³-hybridized carbons (Fsp3) is 0.400. The van der Waals surface area contributed by atoms with E-state index >= 15 is 0 Å². The second-order valence-electron chi connectivity index (χ2n) is 9.97.